The van der Waals surface area contributed by atoms with Gasteiger partial charge in [-0.2, -0.15) is 0 Å². The minimum Gasteiger partial charge on any atom is -0.387 e. The predicted molar refractivity (Wildman–Crippen MR) is 59.5 cm³/mol. The second-order valence-corrected chi connectivity index (χ2v) is 3.21. The molecule has 0 saturated carbocycles. The molecule has 4 heteroatoms. The number of pyridine rings is 1. The highest BCUT2D eigenvalue weighted by molar-refractivity contribution is 5.60. The molecule has 2 heterocycles. The van der Waals surface area contributed by atoms with Crippen LogP contribution in [0, 0.1) is 6.92 Å². The van der Waals surface area contributed by atoms with Crippen molar-refractivity contribution in [2.24, 2.45) is 0 Å². The predicted octanol–water partition coefficient (Wildman–Crippen LogP) is 1.89. The summed E-state index contributed by atoms with van der Waals surface area (Å²) in [4.78, 5) is 12.4. The first-order valence-corrected chi connectivity index (χ1v) is 4.72. The average molecular weight is 200 g/mol. The molecule has 0 atom stereocenters. The van der Waals surface area contributed by atoms with Crippen LogP contribution in [0.3, 0.4) is 0 Å². The molecule has 0 bridgehead atoms. The molecule has 4 nitrogen and oxygen atoms in total. The van der Waals surface area contributed by atoms with Crippen LogP contribution in [-0.2, 0) is 0 Å². The molecule has 2 aromatic rings. The van der Waals surface area contributed by atoms with Gasteiger partial charge < -0.3 is 5.32 Å². The van der Waals surface area contributed by atoms with Crippen LogP contribution < -0.4 is 5.32 Å². The van der Waals surface area contributed by atoms with Gasteiger partial charge in [0.25, 0.3) is 0 Å². The van der Waals surface area contributed by atoms with E-state index in [2.05, 4.69) is 20.3 Å². The average Bonchev–Trinajstić information content (AvgIpc) is 2.30. The van der Waals surface area contributed by atoms with E-state index in [-0.39, 0.29) is 0 Å². The Kier molecular flexibility index (Phi) is 2.58. The SMILES string of the molecule is CNc1ccc(-c2cncnc2)nc1C. The van der Waals surface area contributed by atoms with Gasteiger partial charge in [0.15, 0.2) is 0 Å². The molecule has 2 aromatic heterocycles. The second kappa shape index (κ2) is 4.04. The number of rotatable bonds is 2. The molecule has 0 saturated heterocycles. The van der Waals surface area contributed by atoms with Crippen LogP contribution >= 0.6 is 0 Å². The largest absolute Gasteiger partial charge is 0.387 e. The number of aromatic nitrogens is 3. The zero-order chi connectivity index (χ0) is 10.7. The Labute approximate surface area is 88.4 Å². The molecule has 0 radical (unpaired) electrons. The quantitative estimate of drug-likeness (QED) is 0.804. The standard InChI is InChI=1S/C11H12N4/c1-8-10(12-2)3-4-11(15-8)9-5-13-7-14-6-9/h3-7,12H,1-2H3. The summed E-state index contributed by atoms with van der Waals surface area (Å²) in [5.41, 5.74) is 3.84. The molecule has 0 aliphatic rings. The summed E-state index contributed by atoms with van der Waals surface area (Å²) in [5, 5.41) is 3.08. The second-order valence-electron chi connectivity index (χ2n) is 3.21. The van der Waals surface area contributed by atoms with E-state index in [1.807, 2.05) is 26.1 Å². The first-order chi connectivity index (χ1) is 7.31. The molecule has 0 amide bonds. The van der Waals surface area contributed by atoms with Gasteiger partial charge in [-0.3, -0.25) is 4.98 Å². The molecule has 1 N–H and O–H groups in total. The first-order valence-electron chi connectivity index (χ1n) is 4.72. The Morgan fingerprint density at radius 2 is 1.87 bits per heavy atom. The van der Waals surface area contributed by atoms with E-state index in [1.165, 1.54) is 6.33 Å². The summed E-state index contributed by atoms with van der Waals surface area (Å²) >= 11 is 0. The molecule has 0 spiro atoms. The highest BCUT2D eigenvalue weighted by Gasteiger charge is 2.02. The summed E-state index contributed by atoms with van der Waals surface area (Å²) in [6.45, 7) is 1.97. The Bertz CT molecular complexity index is 453. The van der Waals surface area contributed by atoms with Crippen molar-refractivity contribution in [2.75, 3.05) is 12.4 Å². The lowest BCUT2D eigenvalue weighted by Crippen LogP contribution is -1.95. The molecule has 0 aromatic carbocycles. The molecule has 15 heavy (non-hydrogen) atoms. The monoisotopic (exact) mass is 200 g/mol. The van der Waals surface area contributed by atoms with E-state index in [9.17, 15) is 0 Å². The Hall–Kier alpha value is -1.97. The summed E-state index contributed by atoms with van der Waals surface area (Å²) in [5.74, 6) is 0. The van der Waals surface area contributed by atoms with Crippen LogP contribution in [0.15, 0.2) is 30.9 Å². The fourth-order valence-corrected chi connectivity index (χ4v) is 1.42. The molecular weight excluding hydrogens is 188 g/mol. The van der Waals surface area contributed by atoms with E-state index >= 15 is 0 Å². The fourth-order valence-electron chi connectivity index (χ4n) is 1.42. The van der Waals surface area contributed by atoms with E-state index in [4.69, 9.17) is 0 Å². The molecule has 0 aliphatic heterocycles. The summed E-state index contributed by atoms with van der Waals surface area (Å²) in [7, 11) is 1.88. The topological polar surface area (TPSA) is 50.7 Å². The minimum absolute atomic E-state index is 0.895. The lowest BCUT2D eigenvalue weighted by atomic mass is 10.2. The van der Waals surface area contributed by atoms with Gasteiger partial charge in [0.2, 0.25) is 0 Å². The maximum absolute atomic E-state index is 4.47. The maximum Gasteiger partial charge on any atom is 0.115 e. The Morgan fingerprint density at radius 3 is 2.47 bits per heavy atom. The first kappa shape index (κ1) is 9.58. The van der Waals surface area contributed by atoms with Crippen molar-refractivity contribution in [3.05, 3.63) is 36.5 Å². The van der Waals surface area contributed by atoms with Gasteiger partial charge in [-0.25, -0.2) is 9.97 Å². The van der Waals surface area contributed by atoms with Gasteiger partial charge in [0, 0.05) is 25.0 Å². The van der Waals surface area contributed by atoms with Gasteiger partial charge in [0.1, 0.15) is 6.33 Å². The van der Waals surface area contributed by atoms with Crippen LogP contribution in [0.25, 0.3) is 11.3 Å². The van der Waals surface area contributed by atoms with Crippen LogP contribution in [-0.4, -0.2) is 22.0 Å². The molecule has 2 rings (SSSR count). The van der Waals surface area contributed by atoms with E-state index in [0.29, 0.717) is 0 Å². The summed E-state index contributed by atoms with van der Waals surface area (Å²) in [6, 6.07) is 3.96. The van der Waals surface area contributed by atoms with E-state index in [1.54, 1.807) is 12.4 Å². The van der Waals surface area contributed by atoms with Crippen LogP contribution in [0.1, 0.15) is 5.69 Å². The van der Waals surface area contributed by atoms with E-state index < -0.39 is 0 Å². The minimum atomic E-state index is 0.895. The van der Waals surface area contributed by atoms with Crippen LogP contribution in [0.5, 0.6) is 0 Å². The van der Waals surface area contributed by atoms with Gasteiger partial charge in [-0.1, -0.05) is 0 Å². The number of anilines is 1. The van der Waals surface area contributed by atoms with Crippen molar-refractivity contribution in [1.29, 1.82) is 0 Å². The molecule has 76 valence electrons. The smallest absolute Gasteiger partial charge is 0.115 e. The third kappa shape index (κ3) is 1.93. The van der Waals surface area contributed by atoms with Crippen molar-refractivity contribution in [1.82, 2.24) is 15.0 Å². The third-order valence-electron chi connectivity index (χ3n) is 2.21. The highest BCUT2D eigenvalue weighted by atomic mass is 14.9. The number of aryl methyl sites for hydroxylation is 1. The van der Waals surface area contributed by atoms with Gasteiger partial charge in [0.05, 0.1) is 17.1 Å². The summed E-state index contributed by atoms with van der Waals surface area (Å²) < 4.78 is 0. The maximum atomic E-state index is 4.47. The van der Waals surface area contributed by atoms with Crippen molar-refractivity contribution >= 4 is 5.69 Å². The molecule has 0 unspecified atom stereocenters. The number of hydrogen-bond acceptors (Lipinski definition) is 4. The third-order valence-corrected chi connectivity index (χ3v) is 2.21. The Morgan fingerprint density at radius 1 is 1.13 bits per heavy atom. The van der Waals surface area contributed by atoms with Gasteiger partial charge in [-0.15, -0.1) is 0 Å². The fraction of sp³-hybridized carbons (Fsp3) is 0.182. The molecule has 0 fully saturated rings. The highest BCUT2D eigenvalue weighted by Crippen LogP contribution is 2.19. The van der Waals surface area contributed by atoms with Gasteiger partial charge >= 0.3 is 0 Å². The molecular formula is C11H12N4. The van der Waals surface area contributed by atoms with Crippen molar-refractivity contribution < 1.29 is 0 Å². The zero-order valence-corrected chi connectivity index (χ0v) is 8.73. The number of nitrogens with one attached hydrogen (secondary N) is 1. The number of nitrogens with zero attached hydrogens (tertiary/aromatic N) is 3. The molecule has 0 aliphatic carbocycles. The van der Waals surface area contributed by atoms with Crippen molar-refractivity contribution in [2.45, 2.75) is 6.92 Å². The van der Waals surface area contributed by atoms with Crippen molar-refractivity contribution in [3.8, 4) is 11.3 Å². The number of hydrogen-bond donors (Lipinski definition) is 1. The zero-order valence-electron chi connectivity index (χ0n) is 8.73. The normalized spacial score (nSPS) is 10.0. The van der Waals surface area contributed by atoms with Crippen molar-refractivity contribution in [3.63, 3.8) is 0 Å². The summed E-state index contributed by atoms with van der Waals surface area (Å²) in [6.07, 6.45) is 5.03. The van der Waals surface area contributed by atoms with Crippen LogP contribution in [0.4, 0.5) is 5.69 Å². The lowest BCUT2D eigenvalue weighted by Gasteiger charge is -2.06. The lowest BCUT2D eigenvalue weighted by molar-refractivity contribution is 1.14. The Balaban J connectivity index is 2.43. The van der Waals surface area contributed by atoms with Gasteiger partial charge in [-0.05, 0) is 19.1 Å². The van der Waals surface area contributed by atoms with E-state index in [0.717, 1.165) is 22.6 Å². The van der Waals surface area contributed by atoms with Crippen LogP contribution in [0.2, 0.25) is 0 Å².